The van der Waals surface area contributed by atoms with E-state index in [1.54, 1.807) is 53.2 Å². The van der Waals surface area contributed by atoms with Gasteiger partial charge in [-0.2, -0.15) is 0 Å². The van der Waals surface area contributed by atoms with Crippen LogP contribution in [-0.2, 0) is 25.7 Å². The van der Waals surface area contributed by atoms with Crippen molar-refractivity contribution >= 4 is 45.9 Å². The summed E-state index contributed by atoms with van der Waals surface area (Å²) in [6.45, 7) is 2.37. The van der Waals surface area contributed by atoms with E-state index in [4.69, 9.17) is 4.42 Å². The number of para-hydroxylation sites is 1. The number of pyridine rings is 1. The van der Waals surface area contributed by atoms with Crippen molar-refractivity contribution in [2.45, 2.75) is 44.3 Å². The first kappa shape index (κ1) is 43.3. The number of rotatable bonds is 12. The first-order chi connectivity index (χ1) is 22.4. The predicted octanol–water partition coefficient (Wildman–Crippen LogP) is -7.01. The first-order valence-electron chi connectivity index (χ1n) is 15.4. The van der Waals surface area contributed by atoms with E-state index in [-0.39, 0.29) is 149 Å². The Kier molecular flexibility index (Phi) is 18.4. The first-order valence-corrected chi connectivity index (χ1v) is 15.4. The number of aromatic nitrogens is 1. The molecule has 0 spiro atoms. The molecule has 0 saturated carbocycles. The van der Waals surface area contributed by atoms with Gasteiger partial charge in [0.05, 0.1) is 28.4 Å². The molecule has 3 aromatic rings. The molecule has 0 aliphatic carbocycles. The van der Waals surface area contributed by atoms with Crippen LogP contribution in [0.1, 0.15) is 31.4 Å². The standard InChI is InChI=1S/C32H41N5O10.Eu.Na/c1-34-12-16-36(24(31(43)44)8-10-27(38)39)18-14-35(15-19-37(17-13-34)25(32(45)46)9-11-28(40)41)20-21-6-7-23-29(42)22-4-2-3-5-26(22)47-30(23)33-21;;/h2-7,24-25H,8-20H2,1H3,(H,38,39)(H,40,41)(H,43,44)(H,45,46);;/q;+3;+1/p-4/i;1-1;. The Balaban J connectivity index is 0.00000417. The monoisotopic (exact) mass is 825 g/mol. The van der Waals surface area contributed by atoms with Crippen molar-refractivity contribution in [1.82, 2.24) is 24.6 Å². The van der Waals surface area contributed by atoms with Crippen LogP contribution in [0, 0.1) is 49.4 Å². The van der Waals surface area contributed by atoms with Crippen molar-refractivity contribution in [2.24, 2.45) is 0 Å². The quantitative estimate of drug-likeness (QED) is 0.123. The summed E-state index contributed by atoms with van der Waals surface area (Å²) in [6, 6.07) is 7.76. The van der Waals surface area contributed by atoms with Crippen LogP contribution in [0.4, 0.5) is 0 Å². The number of aliphatic carboxylic acids is 4. The van der Waals surface area contributed by atoms with E-state index < -0.39 is 48.8 Å². The van der Waals surface area contributed by atoms with Gasteiger partial charge in [-0.3, -0.25) is 19.5 Å². The molecule has 1 aliphatic rings. The molecule has 1 saturated heterocycles. The van der Waals surface area contributed by atoms with Gasteiger partial charge in [0.15, 0.2) is 0 Å². The maximum Gasteiger partial charge on any atom is 3.00 e. The molecule has 15 nitrogen and oxygen atoms in total. The fourth-order valence-corrected chi connectivity index (χ4v) is 5.81. The summed E-state index contributed by atoms with van der Waals surface area (Å²) in [5.41, 5.74) is 0.832. The molecule has 0 bridgehead atoms. The van der Waals surface area contributed by atoms with Crippen LogP contribution in [0.3, 0.4) is 0 Å². The fraction of sp³-hybridized carbons (Fsp3) is 0.500. The molecule has 2 atom stereocenters. The molecule has 17 heteroatoms. The van der Waals surface area contributed by atoms with Crippen LogP contribution < -0.4 is 55.4 Å². The molecule has 1 aliphatic heterocycles. The molecular weight excluding hydrogens is 788 g/mol. The zero-order valence-electron chi connectivity index (χ0n) is 27.5. The van der Waals surface area contributed by atoms with Crippen molar-refractivity contribution < 1.29 is 123 Å². The minimum atomic E-state index is -1.40. The average molecular weight is 826 g/mol. The van der Waals surface area contributed by atoms with E-state index in [0.717, 1.165) is 0 Å². The molecule has 49 heavy (non-hydrogen) atoms. The largest absolute Gasteiger partial charge is 3.00 e. The molecule has 0 amide bonds. The van der Waals surface area contributed by atoms with Crippen molar-refractivity contribution in [2.75, 3.05) is 59.4 Å². The maximum atomic E-state index is 13.0. The van der Waals surface area contributed by atoms with Crippen LogP contribution in [0.2, 0.25) is 0 Å². The van der Waals surface area contributed by atoms with Gasteiger partial charge in [-0.15, -0.1) is 0 Å². The topological polar surface area (TPSA) is 217 Å². The summed E-state index contributed by atoms with van der Waals surface area (Å²) < 4.78 is 5.92. The number of benzene rings is 1. The van der Waals surface area contributed by atoms with E-state index in [1.807, 2.05) is 9.80 Å². The van der Waals surface area contributed by atoms with Crippen LogP contribution in [-0.4, -0.2) is 120 Å². The maximum absolute atomic E-state index is 13.0. The Bertz CT molecular complexity index is 1610. The summed E-state index contributed by atoms with van der Waals surface area (Å²) in [5.74, 6) is -5.54. The second-order valence-corrected chi connectivity index (χ2v) is 11.7. The number of carbonyl (C=O) groups is 4. The molecule has 3 heterocycles. The van der Waals surface area contributed by atoms with Gasteiger partial charge in [-0.1, -0.05) is 12.1 Å². The molecule has 0 radical (unpaired) electrons. The summed E-state index contributed by atoms with van der Waals surface area (Å²) in [4.78, 5) is 71.3. The third-order valence-electron chi connectivity index (χ3n) is 8.50. The van der Waals surface area contributed by atoms with E-state index in [9.17, 15) is 44.4 Å². The SMILES string of the molecule is CN1CCN(C(CCC(=O)[O-])C(=O)[O-])CCN(Cc2ccc3c(=O)c4ccccc4oc3n2)CCN(C(CCC(=O)[O-])C(=O)[O-])CC1.[151Eu+3].[Na+]. The van der Waals surface area contributed by atoms with Gasteiger partial charge in [0.25, 0.3) is 0 Å². The third-order valence-corrected chi connectivity index (χ3v) is 8.50. The van der Waals surface area contributed by atoms with Crippen molar-refractivity contribution in [3.63, 3.8) is 0 Å². The van der Waals surface area contributed by atoms with E-state index in [0.29, 0.717) is 35.1 Å². The van der Waals surface area contributed by atoms with Gasteiger partial charge in [-0.25, -0.2) is 4.98 Å². The molecule has 258 valence electrons. The Hall–Kier alpha value is -1.86. The number of carboxylic acid groups (broad SMARTS) is 4. The van der Waals surface area contributed by atoms with Gasteiger partial charge >= 0.3 is 78.9 Å². The van der Waals surface area contributed by atoms with E-state index in [2.05, 4.69) is 4.98 Å². The number of hydrogen-bond donors (Lipinski definition) is 0. The van der Waals surface area contributed by atoms with E-state index >= 15 is 0 Å². The second-order valence-electron chi connectivity index (χ2n) is 11.7. The van der Waals surface area contributed by atoms with Gasteiger partial charge in [0.1, 0.15) is 5.58 Å². The Labute approximate surface area is 346 Å². The normalized spacial score (nSPS) is 17.2. The number of fused-ring (bicyclic) bond motifs is 2. The Morgan fingerprint density at radius 1 is 0.755 bits per heavy atom. The molecule has 2 aromatic heterocycles. The van der Waals surface area contributed by atoms with Gasteiger partial charge in [0, 0.05) is 82.9 Å². The van der Waals surface area contributed by atoms with Crippen LogP contribution in [0.5, 0.6) is 0 Å². The van der Waals surface area contributed by atoms with Crippen molar-refractivity contribution in [1.29, 1.82) is 0 Å². The van der Waals surface area contributed by atoms with Gasteiger partial charge in [0.2, 0.25) is 11.1 Å². The van der Waals surface area contributed by atoms with Crippen LogP contribution in [0.25, 0.3) is 22.1 Å². The molecule has 1 aromatic carbocycles. The van der Waals surface area contributed by atoms with E-state index in [1.165, 1.54) is 0 Å². The number of carboxylic acids is 4. The van der Waals surface area contributed by atoms with Crippen LogP contribution >= 0.6 is 0 Å². The molecular formula is C32H37EuN5NaO10. The smallest absolute Gasteiger partial charge is 0.550 e. The third kappa shape index (κ3) is 12.7. The van der Waals surface area contributed by atoms with Crippen molar-refractivity contribution in [3.8, 4) is 0 Å². The zero-order valence-corrected chi connectivity index (χ0v) is 31.9. The summed E-state index contributed by atoms with van der Waals surface area (Å²) in [5, 5.41) is 47.3. The zero-order chi connectivity index (χ0) is 34.1. The molecule has 2 unspecified atom stereocenters. The number of likely N-dealkylation sites (N-methyl/N-ethyl adjacent to an activating group) is 1. The minimum absolute atomic E-state index is 0. The fourth-order valence-electron chi connectivity index (χ4n) is 5.81. The molecule has 0 N–H and O–H groups in total. The summed E-state index contributed by atoms with van der Waals surface area (Å²) >= 11 is 0. The predicted molar refractivity (Wildman–Crippen MR) is 160 cm³/mol. The molecule has 1 fully saturated rings. The van der Waals surface area contributed by atoms with Crippen LogP contribution in [0.15, 0.2) is 45.6 Å². The minimum Gasteiger partial charge on any atom is -0.550 e. The Morgan fingerprint density at radius 3 is 1.78 bits per heavy atom. The van der Waals surface area contributed by atoms with Gasteiger partial charge < -0.3 is 48.9 Å². The average Bonchev–Trinajstić information content (AvgIpc) is 3.01. The second kappa shape index (κ2) is 20.9. The molecule has 4 rings (SSSR count). The Morgan fingerprint density at radius 2 is 1.27 bits per heavy atom. The summed E-state index contributed by atoms with van der Waals surface area (Å²) in [6.07, 6.45) is -1.32. The number of nitrogens with zero attached hydrogens (tertiary/aromatic N) is 5. The van der Waals surface area contributed by atoms with Crippen molar-refractivity contribution in [3.05, 3.63) is 52.3 Å². The summed E-state index contributed by atoms with van der Waals surface area (Å²) in [7, 11) is 1.78. The van der Waals surface area contributed by atoms with Gasteiger partial charge in [-0.05, 0) is 57.0 Å². The number of hydrogen-bond acceptors (Lipinski definition) is 15. The number of carbonyl (C=O) groups excluding carboxylic acids is 4.